The third-order valence-corrected chi connectivity index (χ3v) is 7.57. The number of rotatable bonds is 3. The molecule has 4 saturated carbocycles. The van der Waals surface area contributed by atoms with Gasteiger partial charge in [-0.3, -0.25) is 0 Å². The molecule has 0 amide bonds. The zero-order chi connectivity index (χ0) is 13.0. The van der Waals surface area contributed by atoms with Crippen LogP contribution in [0.5, 0.6) is 0 Å². The smallest absolute Gasteiger partial charge is 0.0701 e. The van der Waals surface area contributed by atoms with Crippen molar-refractivity contribution in [1.29, 1.82) is 0 Å². The van der Waals surface area contributed by atoms with Crippen LogP contribution in [0, 0.1) is 23.2 Å². The summed E-state index contributed by atoms with van der Waals surface area (Å²) in [5.74, 6) is 3.02. The van der Waals surface area contributed by atoms with Crippen LogP contribution in [0.4, 0.5) is 0 Å². The standard InChI is InChI=1S/C16H22BrNS/c17-15-2-1-13(19-15)6-14(18)16-7-10-3-11(8-16)5-12(4-10)9-16/h1-2,10-12,14H,3-9,18H2. The minimum Gasteiger partial charge on any atom is -0.327 e. The summed E-state index contributed by atoms with van der Waals surface area (Å²) >= 11 is 5.42. The van der Waals surface area contributed by atoms with Crippen molar-refractivity contribution in [2.75, 3.05) is 0 Å². The second-order valence-corrected chi connectivity index (χ2v) is 9.84. The van der Waals surface area contributed by atoms with Crippen LogP contribution in [-0.2, 0) is 6.42 Å². The second-order valence-electron chi connectivity index (χ2n) is 7.30. The highest BCUT2D eigenvalue weighted by Gasteiger charge is 2.53. The van der Waals surface area contributed by atoms with Crippen LogP contribution < -0.4 is 5.73 Å². The Balaban J connectivity index is 1.54. The molecule has 2 N–H and O–H groups in total. The number of nitrogens with two attached hydrogens (primary N) is 1. The molecule has 19 heavy (non-hydrogen) atoms. The van der Waals surface area contributed by atoms with E-state index in [0.29, 0.717) is 11.5 Å². The SMILES string of the molecule is NC(Cc1ccc(Br)s1)C12CC3CC(CC(C3)C1)C2. The summed E-state index contributed by atoms with van der Waals surface area (Å²) in [6, 6.07) is 4.79. The van der Waals surface area contributed by atoms with Gasteiger partial charge in [0.05, 0.1) is 3.79 Å². The zero-order valence-electron chi connectivity index (χ0n) is 11.3. The van der Waals surface area contributed by atoms with Crippen molar-refractivity contribution in [3.63, 3.8) is 0 Å². The molecule has 1 aromatic rings. The van der Waals surface area contributed by atoms with E-state index in [1.807, 2.05) is 11.3 Å². The molecule has 3 heteroatoms. The molecule has 0 saturated heterocycles. The van der Waals surface area contributed by atoms with Gasteiger partial charge in [0.1, 0.15) is 0 Å². The highest BCUT2D eigenvalue weighted by molar-refractivity contribution is 9.11. The molecule has 1 unspecified atom stereocenters. The lowest BCUT2D eigenvalue weighted by molar-refractivity contribution is -0.0666. The van der Waals surface area contributed by atoms with E-state index in [4.69, 9.17) is 5.73 Å². The van der Waals surface area contributed by atoms with Gasteiger partial charge in [0, 0.05) is 10.9 Å². The van der Waals surface area contributed by atoms with E-state index in [-0.39, 0.29) is 0 Å². The van der Waals surface area contributed by atoms with Gasteiger partial charge in [0.25, 0.3) is 0 Å². The van der Waals surface area contributed by atoms with Crippen molar-refractivity contribution in [3.8, 4) is 0 Å². The fraction of sp³-hybridized carbons (Fsp3) is 0.750. The minimum absolute atomic E-state index is 0.381. The maximum atomic E-state index is 6.71. The average Bonchev–Trinajstić information content (AvgIpc) is 2.73. The highest BCUT2D eigenvalue weighted by Crippen LogP contribution is 2.61. The maximum absolute atomic E-state index is 6.71. The molecule has 1 heterocycles. The summed E-state index contributed by atoms with van der Waals surface area (Å²) in [6.07, 6.45) is 9.89. The van der Waals surface area contributed by atoms with Crippen molar-refractivity contribution < 1.29 is 0 Å². The normalized spacial score (nSPS) is 41.7. The van der Waals surface area contributed by atoms with Crippen molar-refractivity contribution in [3.05, 3.63) is 20.8 Å². The van der Waals surface area contributed by atoms with Gasteiger partial charge in [0.15, 0.2) is 0 Å². The van der Waals surface area contributed by atoms with Gasteiger partial charge in [-0.25, -0.2) is 0 Å². The lowest BCUT2D eigenvalue weighted by Crippen LogP contribution is -2.55. The number of hydrogen-bond acceptors (Lipinski definition) is 2. The molecule has 0 aromatic carbocycles. The lowest BCUT2D eigenvalue weighted by atomic mass is 9.47. The molecule has 1 atom stereocenters. The largest absolute Gasteiger partial charge is 0.327 e. The first-order valence-electron chi connectivity index (χ1n) is 7.63. The molecule has 0 spiro atoms. The highest BCUT2D eigenvalue weighted by atomic mass is 79.9. The molecule has 0 radical (unpaired) electrons. The van der Waals surface area contributed by atoms with Gasteiger partial charge in [-0.05, 0) is 96.2 Å². The van der Waals surface area contributed by atoms with Crippen LogP contribution in [0.2, 0.25) is 0 Å². The summed E-state index contributed by atoms with van der Waals surface area (Å²) in [4.78, 5) is 1.45. The summed E-state index contributed by atoms with van der Waals surface area (Å²) in [5, 5.41) is 0. The molecular weight excluding hydrogens is 318 g/mol. The fourth-order valence-corrected chi connectivity index (χ4v) is 7.07. The van der Waals surface area contributed by atoms with Crippen LogP contribution in [0.1, 0.15) is 43.4 Å². The van der Waals surface area contributed by atoms with Crippen molar-refractivity contribution in [2.24, 2.45) is 28.9 Å². The van der Waals surface area contributed by atoms with E-state index in [2.05, 4.69) is 28.1 Å². The average molecular weight is 340 g/mol. The van der Waals surface area contributed by atoms with E-state index in [1.54, 1.807) is 0 Å². The molecule has 4 aliphatic carbocycles. The predicted octanol–water partition coefficient (Wildman–Crippen LogP) is 4.60. The van der Waals surface area contributed by atoms with Gasteiger partial charge in [-0.15, -0.1) is 11.3 Å². The summed E-state index contributed by atoms with van der Waals surface area (Å²) in [5.41, 5.74) is 7.20. The van der Waals surface area contributed by atoms with Crippen molar-refractivity contribution >= 4 is 27.3 Å². The topological polar surface area (TPSA) is 26.0 Å². The van der Waals surface area contributed by atoms with Gasteiger partial charge >= 0.3 is 0 Å². The van der Waals surface area contributed by atoms with Gasteiger partial charge in [-0.1, -0.05) is 0 Å². The van der Waals surface area contributed by atoms with Gasteiger partial charge < -0.3 is 5.73 Å². The first kappa shape index (κ1) is 12.8. The van der Waals surface area contributed by atoms with Crippen LogP contribution in [0.3, 0.4) is 0 Å². The Bertz CT molecular complexity index is 446. The Labute approximate surface area is 128 Å². The van der Waals surface area contributed by atoms with Crippen LogP contribution in [0.15, 0.2) is 15.9 Å². The number of thiophene rings is 1. The number of hydrogen-bond donors (Lipinski definition) is 1. The third-order valence-electron chi connectivity index (χ3n) is 5.92. The lowest BCUT2D eigenvalue weighted by Gasteiger charge is -2.59. The molecular formula is C16H22BrNS. The minimum atomic E-state index is 0.381. The monoisotopic (exact) mass is 339 g/mol. The van der Waals surface area contributed by atoms with Crippen molar-refractivity contribution in [1.82, 2.24) is 0 Å². The van der Waals surface area contributed by atoms with Gasteiger partial charge in [-0.2, -0.15) is 0 Å². The third kappa shape index (κ3) is 2.22. The molecule has 4 aliphatic rings. The van der Waals surface area contributed by atoms with Crippen LogP contribution in [-0.4, -0.2) is 6.04 Å². The number of halogens is 1. The summed E-state index contributed by atoms with van der Waals surface area (Å²) in [6.45, 7) is 0. The summed E-state index contributed by atoms with van der Waals surface area (Å²) in [7, 11) is 0. The molecule has 104 valence electrons. The molecule has 1 aromatic heterocycles. The van der Waals surface area contributed by atoms with Gasteiger partial charge in [0.2, 0.25) is 0 Å². The van der Waals surface area contributed by atoms with E-state index >= 15 is 0 Å². The quantitative estimate of drug-likeness (QED) is 0.855. The molecule has 4 fully saturated rings. The van der Waals surface area contributed by atoms with E-state index in [1.165, 1.54) is 47.2 Å². The molecule has 5 rings (SSSR count). The predicted molar refractivity (Wildman–Crippen MR) is 84.3 cm³/mol. The Morgan fingerprint density at radius 1 is 1.16 bits per heavy atom. The van der Waals surface area contributed by atoms with Crippen molar-refractivity contribution in [2.45, 2.75) is 51.0 Å². The van der Waals surface area contributed by atoms with E-state index in [9.17, 15) is 0 Å². The van der Waals surface area contributed by atoms with E-state index in [0.717, 1.165) is 24.2 Å². The summed E-state index contributed by atoms with van der Waals surface area (Å²) < 4.78 is 1.24. The molecule has 1 nitrogen and oxygen atoms in total. The fourth-order valence-electron chi connectivity index (χ4n) is 5.53. The first-order chi connectivity index (χ1) is 9.13. The Kier molecular flexibility index (Phi) is 3.09. The zero-order valence-corrected chi connectivity index (χ0v) is 13.7. The Hall–Kier alpha value is 0.140. The maximum Gasteiger partial charge on any atom is 0.0701 e. The Morgan fingerprint density at radius 2 is 1.74 bits per heavy atom. The molecule has 4 bridgehead atoms. The Morgan fingerprint density at radius 3 is 2.21 bits per heavy atom. The second kappa shape index (κ2) is 4.57. The van der Waals surface area contributed by atoms with E-state index < -0.39 is 0 Å². The molecule has 0 aliphatic heterocycles. The first-order valence-corrected chi connectivity index (χ1v) is 9.24. The van der Waals surface area contributed by atoms with Crippen LogP contribution >= 0.6 is 27.3 Å². The van der Waals surface area contributed by atoms with Crippen LogP contribution in [0.25, 0.3) is 0 Å².